The van der Waals surface area contributed by atoms with E-state index in [0.717, 1.165) is 24.0 Å². The topological polar surface area (TPSA) is 86.8 Å². The zero-order valence-electron chi connectivity index (χ0n) is 21.2. The maximum Gasteiger partial charge on any atom is 0.417 e. The van der Waals surface area contributed by atoms with Gasteiger partial charge in [0.25, 0.3) is 0 Å². The van der Waals surface area contributed by atoms with E-state index >= 15 is 0 Å². The van der Waals surface area contributed by atoms with E-state index in [1.807, 2.05) is 0 Å². The number of carbonyl (C=O) groups is 2. The SMILES string of the molecule is CNC(=O)C(Cc1ccccc1)N(Cc1ccccc1)C(=O)CN(c1ccc(Cl)c(C(F)(F)F)c1)S(C)(=O)=O. The van der Waals surface area contributed by atoms with Crippen LogP contribution in [0.1, 0.15) is 16.7 Å². The summed E-state index contributed by atoms with van der Waals surface area (Å²) >= 11 is 5.71. The first-order chi connectivity index (χ1) is 18.3. The Morgan fingerprint density at radius 2 is 1.51 bits per heavy atom. The first-order valence-corrected chi connectivity index (χ1v) is 14.0. The average molecular weight is 582 g/mol. The molecule has 0 spiro atoms. The lowest BCUT2D eigenvalue weighted by atomic mass is 10.0. The molecule has 208 valence electrons. The van der Waals surface area contributed by atoms with Crippen LogP contribution in [0.4, 0.5) is 18.9 Å². The lowest BCUT2D eigenvalue weighted by Gasteiger charge is -2.33. The fourth-order valence-corrected chi connectivity index (χ4v) is 5.07. The van der Waals surface area contributed by atoms with Crippen LogP contribution < -0.4 is 9.62 Å². The van der Waals surface area contributed by atoms with Gasteiger partial charge >= 0.3 is 6.18 Å². The van der Waals surface area contributed by atoms with Crippen LogP contribution in [0, 0.1) is 0 Å². The van der Waals surface area contributed by atoms with Crippen LogP contribution in [-0.2, 0) is 38.8 Å². The summed E-state index contributed by atoms with van der Waals surface area (Å²) < 4.78 is 66.5. The summed E-state index contributed by atoms with van der Waals surface area (Å²) in [7, 11) is -2.81. The standard InChI is InChI=1S/C27H27ClF3N3O4S/c1-32-26(36)24(15-19-9-5-3-6-10-19)33(17-20-11-7-4-8-12-20)25(35)18-34(39(2,37)38)21-13-14-23(28)22(16-21)27(29,30)31/h3-14,16,24H,15,17-18H2,1-2H3,(H,32,36). The number of anilines is 1. The molecule has 3 rings (SSSR count). The summed E-state index contributed by atoms with van der Waals surface area (Å²) in [4.78, 5) is 28.0. The predicted octanol–water partition coefficient (Wildman–Crippen LogP) is 4.51. The maximum absolute atomic E-state index is 13.8. The number of carbonyl (C=O) groups excluding carboxylic acids is 2. The highest BCUT2D eigenvalue weighted by Crippen LogP contribution is 2.37. The maximum atomic E-state index is 13.8. The van der Waals surface area contributed by atoms with Crippen LogP contribution >= 0.6 is 11.6 Å². The van der Waals surface area contributed by atoms with Crippen molar-refractivity contribution in [2.75, 3.05) is 24.2 Å². The minimum absolute atomic E-state index is 0.0450. The van der Waals surface area contributed by atoms with Gasteiger partial charge in [0.2, 0.25) is 21.8 Å². The number of nitrogens with one attached hydrogen (secondary N) is 1. The normalized spacial score (nSPS) is 12.5. The highest BCUT2D eigenvalue weighted by molar-refractivity contribution is 7.92. The van der Waals surface area contributed by atoms with Crippen LogP contribution in [0.15, 0.2) is 78.9 Å². The second-order valence-corrected chi connectivity index (χ2v) is 11.1. The van der Waals surface area contributed by atoms with Gasteiger partial charge in [0, 0.05) is 20.0 Å². The minimum atomic E-state index is -4.85. The van der Waals surface area contributed by atoms with Gasteiger partial charge in [-0.15, -0.1) is 0 Å². The van der Waals surface area contributed by atoms with Gasteiger partial charge in [0.15, 0.2) is 0 Å². The number of amides is 2. The molecule has 0 heterocycles. The molecule has 0 saturated carbocycles. The fourth-order valence-electron chi connectivity index (χ4n) is 4.00. The van der Waals surface area contributed by atoms with E-state index in [1.54, 1.807) is 60.7 Å². The first-order valence-electron chi connectivity index (χ1n) is 11.7. The molecule has 0 aliphatic carbocycles. The molecule has 0 bridgehead atoms. The van der Waals surface area contributed by atoms with Crippen molar-refractivity contribution in [3.63, 3.8) is 0 Å². The quantitative estimate of drug-likeness (QED) is 0.382. The molecule has 3 aromatic carbocycles. The van der Waals surface area contributed by atoms with Crippen LogP contribution in [0.5, 0.6) is 0 Å². The molecule has 1 atom stereocenters. The molecule has 0 fully saturated rings. The van der Waals surface area contributed by atoms with Crippen molar-refractivity contribution < 1.29 is 31.2 Å². The number of halogens is 4. The van der Waals surface area contributed by atoms with Crippen molar-refractivity contribution in [3.05, 3.63) is 101 Å². The van der Waals surface area contributed by atoms with E-state index in [9.17, 15) is 31.2 Å². The molecule has 12 heteroatoms. The Kier molecular flexibility index (Phi) is 9.63. The van der Waals surface area contributed by atoms with Gasteiger partial charge in [-0.1, -0.05) is 72.3 Å². The highest BCUT2D eigenvalue weighted by atomic mass is 35.5. The Labute approximate surface area is 230 Å². The van der Waals surface area contributed by atoms with E-state index in [2.05, 4.69) is 5.32 Å². The molecular weight excluding hydrogens is 555 g/mol. The van der Waals surface area contributed by atoms with E-state index in [1.165, 1.54) is 11.9 Å². The highest BCUT2D eigenvalue weighted by Gasteiger charge is 2.36. The monoisotopic (exact) mass is 581 g/mol. The number of rotatable bonds is 10. The Hall–Kier alpha value is -3.57. The van der Waals surface area contributed by atoms with Gasteiger partial charge in [0.1, 0.15) is 12.6 Å². The van der Waals surface area contributed by atoms with E-state index in [-0.39, 0.29) is 18.7 Å². The molecule has 0 aromatic heterocycles. The molecule has 1 N–H and O–H groups in total. The van der Waals surface area contributed by atoms with E-state index < -0.39 is 51.2 Å². The number of benzene rings is 3. The number of sulfonamides is 1. The van der Waals surface area contributed by atoms with Crippen molar-refractivity contribution in [2.24, 2.45) is 0 Å². The minimum Gasteiger partial charge on any atom is -0.357 e. The lowest BCUT2D eigenvalue weighted by molar-refractivity contribution is -0.139. The van der Waals surface area contributed by atoms with Gasteiger partial charge in [-0.2, -0.15) is 13.2 Å². The van der Waals surface area contributed by atoms with Gasteiger partial charge < -0.3 is 10.2 Å². The molecule has 0 saturated heterocycles. The van der Waals surface area contributed by atoms with Gasteiger partial charge in [-0.05, 0) is 29.3 Å². The van der Waals surface area contributed by atoms with Crippen molar-refractivity contribution in [2.45, 2.75) is 25.2 Å². The molecule has 2 amide bonds. The number of likely N-dealkylation sites (N-methyl/N-ethyl adjacent to an activating group) is 1. The summed E-state index contributed by atoms with van der Waals surface area (Å²) in [5.74, 6) is -1.27. The van der Waals surface area contributed by atoms with Gasteiger partial charge in [-0.3, -0.25) is 13.9 Å². The molecule has 0 aliphatic rings. The zero-order chi connectivity index (χ0) is 28.8. The Morgan fingerprint density at radius 3 is 2.03 bits per heavy atom. The third kappa shape index (κ3) is 7.96. The smallest absolute Gasteiger partial charge is 0.357 e. The second-order valence-electron chi connectivity index (χ2n) is 8.76. The van der Waals surface area contributed by atoms with Crippen molar-refractivity contribution in [3.8, 4) is 0 Å². The molecule has 7 nitrogen and oxygen atoms in total. The summed E-state index contributed by atoms with van der Waals surface area (Å²) in [6, 6.07) is 19.3. The van der Waals surface area contributed by atoms with Crippen LogP contribution in [0.2, 0.25) is 5.02 Å². The largest absolute Gasteiger partial charge is 0.417 e. The van der Waals surface area contributed by atoms with Crippen LogP contribution in [0.25, 0.3) is 0 Å². The second kappa shape index (κ2) is 12.5. The van der Waals surface area contributed by atoms with E-state index in [4.69, 9.17) is 11.6 Å². The van der Waals surface area contributed by atoms with Crippen LogP contribution in [-0.4, -0.2) is 51.0 Å². The number of nitrogens with zero attached hydrogens (tertiary/aromatic N) is 2. The van der Waals surface area contributed by atoms with Crippen molar-refractivity contribution >= 4 is 39.1 Å². The zero-order valence-corrected chi connectivity index (χ0v) is 22.7. The van der Waals surface area contributed by atoms with Crippen LogP contribution in [0.3, 0.4) is 0 Å². The Balaban J connectivity index is 2.05. The molecule has 0 aliphatic heterocycles. The summed E-state index contributed by atoms with van der Waals surface area (Å²) in [6.45, 7) is -0.885. The van der Waals surface area contributed by atoms with E-state index in [0.29, 0.717) is 15.9 Å². The molecule has 3 aromatic rings. The molecular formula is C27H27ClF3N3O4S. The Morgan fingerprint density at radius 1 is 0.949 bits per heavy atom. The van der Waals surface area contributed by atoms with Gasteiger partial charge in [-0.25, -0.2) is 8.42 Å². The summed E-state index contributed by atoms with van der Waals surface area (Å²) in [5, 5.41) is 1.94. The summed E-state index contributed by atoms with van der Waals surface area (Å²) in [6.07, 6.45) is -3.94. The number of hydrogen-bond acceptors (Lipinski definition) is 4. The predicted molar refractivity (Wildman–Crippen MR) is 144 cm³/mol. The molecule has 1 unspecified atom stereocenters. The summed E-state index contributed by atoms with van der Waals surface area (Å²) in [5.41, 5.74) is -0.202. The Bertz CT molecular complexity index is 1400. The molecule has 39 heavy (non-hydrogen) atoms. The third-order valence-corrected chi connectivity index (χ3v) is 7.41. The average Bonchev–Trinajstić information content (AvgIpc) is 2.89. The first kappa shape index (κ1) is 30.0. The van der Waals surface area contributed by atoms with Crippen molar-refractivity contribution in [1.29, 1.82) is 0 Å². The lowest BCUT2D eigenvalue weighted by Crippen LogP contribution is -2.52. The molecule has 0 radical (unpaired) electrons. The van der Waals surface area contributed by atoms with Crippen molar-refractivity contribution in [1.82, 2.24) is 10.2 Å². The third-order valence-electron chi connectivity index (χ3n) is 5.94. The number of hydrogen-bond donors (Lipinski definition) is 1. The number of alkyl halides is 3. The van der Waals surface area contributed by atoms with Gasteiger partial charge in [0.05, 0.1) is 22.5 Å². The fraction of sp³-hybridized carbons (Fsp3) is 0.259.